The first-order valence-electron chi connectivity index (χ1n) is 4.93. The summed E-state index contributed by atoms with van der Waals surface area (Å²) in [6.45, 7) is 2.76. The van der Waals surface area contributed by atoms with E-state index < -0.39 is 11.9 Å². The summed E-state index contributed by atoms with van der Waals surface area (Å²) >= 11 is 0. The lowest BCUT2D eigenvalue weighted by Gasteiger charge is -2.08. The molecular formula is C12H13NO4. The van der Waals surface area contributed by atoms with Crippen LogP contribution in [0.25, 0.3) is 0 Å². The van der Waals surface area contributed by atoms with Crippen molar-refractivity contribution in [2.75, 3.05) is 5.32 Å². The molecule has 0 fully saturated rings. The van der Waals surface area contributed by atoms with Crippen molar-refractivity contribution in [3.8, 4) is 5.75 Å². The molecule has 0 aliphatic rings. The van der Waals surface area contributed by atoms with Gasteiger partial charge in [-0.05, 0) is 26.0 Å². The van der Waals surface area contributed by atoms with Crippen molar-refractivity contribution in [3.05, 3.63) is 35.4 Å². The van der Waals surface area contributed by atoms with Crippen LogP contribution in [0.2, 0.25) is 0 Å². The third-order valence-electron chi connectivity index (χ3n) is 2.38. The Balaban J connectivity index is 2.91. The molecule has 0 heterocycles. The highest BCUT2D eigenvalue weighted by molar-refractivity contribution is 6.08. The van der Waals surface area contributed by atoms with Gasteiger partial charge < -0.3 is 15.5 Å². The van der Waals surface area contributed by atoms with E-state index in [9.17, 15) is 14.7 Å². The Hall–Kier alpha value is -2.30. The minimum Gasteiger partial charge on any atom is -0.506 e. The number of aromatic hydroxyl groups is 1. The Morgan fingerprint density at radius 3 is 2.24 bits per heavy atom. The second-order valence-electron chi connectivity index (χ2n) is 3.53. The molecule has 0 radical (unpaired) electrons. The molecule has 0 unspecified atom stereocenters. The maximum Gasteiger partial charge on any atom is 0.331 e. The summed E-state index contributed by atoms with van der Waals surface area (Å²) in [5.74, 6) is -1.76. The number of para-hydroxylation sites is 2. The third-order valence-corrected chi connectivity index (χ3v) is 2.38. The van der Waals surface area contributed by atoms with Crippen LogP contribution in [0.1, 0.15) is 13.8 Å². The van der Waals surface area contributed by atoms with Crippen molar-refractivity contribution in [3.63, 3.8) is 0 Å². The van der Waals surface area contributed by atoms with Crippen molar-refractivity contribution in [2.45, 2.75) is 13.8 Å². The quantitative estimate of drug-likeness (QED) is 0.550. The summed E-state index contributed by atoms with van der Waals surface area (Å²) < 4.78 is 0. The number of nitrogens with one attached hydrogen (secondary N) is 1. The Morgan fingerprint density at radius 1 is 1.12 bits per heavy atom. The van der Waals surface area contributed by atoms with E-state index in [0.717, 1.165) is 0 Å². The molecular weight excluding hydrogens is 222 g/mol. The summed E-state index contributed by atoms with van der Waals surface area (Å²) in [6, 6.07) is 6.23. The van der Waals surface area contributed by atoms with Gasteiger partial charge in [-0.25, -0.2) is 4.79 Å². The Labute approximate surface area is 98.4 Å². The van der Waals surface area contributed by atoms with E-state index in [4.69, 9.17) is 5.11 Å². The number of hydrogen-bond acceptors (Lipinski definition) is 3. The van der Waals surface area contributed by atoms with E-state index in [-0.39, 0.29) is 22.6 Å². The monoisotopic (exact) mass is 235 g/mol. The average molecular weight is 235 g/mol. The van der Waals surface area contributed by atoms with Crippen LogP contribution in [0.3, 0.4) is 0 Å². The van der Waals surface area contributed by atoms with E-state index in [1.165, 1.54) is 26.0 Å². The number of hydrogen-bond donors (Lipinski definition) is 3. The fourth-order valence-electron chi connectivity index (χ4n) is 1.13. The van der Waals surface area contributed by atoms with Gasteiger partial charge in [0.25, 0.3) is 5.91 Å². The molecule has 0 saturated carbocycles. The lowest BCUT2D eigenvalue weighted by atomic mass is 10.1. The minimum atomic E-state index is -1.14. The number of phenolic OH excluding ortho intramolecular Hbond substituents is 1. The van der Waals surface area contributed by atoms with Gasteiger partial charge in [0.15, 0.2) is 0 Å². The number of anilines is 1. The van der Waals surface area contributed by atoms with E-state index >= 15 is 0 Å². The van der Waals surface area contributed by atoms with Crippen LogP contribution in [-0.4, -0.2) is 22.1 Å². The molecule has 17 heavy (non-hydrogen) atoms. The van der Waals surface area contributed by atoms with Gasteiger partial charge in [-0.15, -0.1) is 0 Å². The van der Waals surface area contributed by atoms with E-state index in [2.05, 4.69) is 5.32 Å². The highest BCUT2D eigenvalue weighted by Crippen LogP contribution is 2.22. The van der Waals surface area contributed by atoms with Crippen molar-refractivity contribution >= 4 is 17.6 Å². The third kappa shape index (κ3) is 3.07. The Bertz CT molecular complexity index is 491. The number of carboxylic acids is 1. The number of benzene rings is 1. The smallest absolute Gasteiger partial charge is 0.331 e. The number of amides is 1. The summed E-state index contributed by atoms with van der Waals surface area (Å²) in [7, 11) is 0. The number of phenols is 1. The molecule has 1 rings (SSSR count). The summed E-state index contributed by atoms with van der Waals surface area (Å²) in [4.78, 5) is 22.3. The molecule has 5 heteroatoms. The van der Waals surface area contributed by atoms with Gasteiger partial charge in [-0.2, -0.15) is 0 Å². The summed E-state index contributed by atoms with van der Waals surface area (Å²) in [5.41, 5.74) is 0.314. The van der Waals surface area contributed by atoms with Crippen LogP contribution in [0.15, 0.2) is 35.4 Å². The second kappa shape index (κ2) is 5.16. The number of carbonyl (C=O) groups excluding carboxylic acids is 1. The van der Waals surface area contributed by atoms with Gasteiger partial charge in [-0.1, -0.05) is 12.1 Å². The van der Waals surface area contributed by atoms with Crippen LogP contribution in [0.5, 0.6) is 5.75 Å². The molecule has 0 spiro atoms. The maximum atomic E-state index is 11.7. The number of rotatable bonds is 3. The van der Waals surface area contributed by atoms with Crippen molar-refractivity contribution in [2.24, 2.45) is 0 Å². The predicted octanol–water partition coefficient (Wildman–Crippen LogP) is 1.75. The fraction of sp³-hybridized carbons (Fsp3) is 0.167. The van der Waals surface area contributed by atoms with Gasteiger partial charge >= 0.3 is 5.97 Å². The first kappa shape index (κ1) is 12.8. The first-order chi connectivity index (χ1) is 7.93. The highest BCUT2D eigenvalue weighted by Gasteiger charge is 2.13. The molecule has 1 aromatic carbocycles. The molecule has 0 saturated heterocycles. The van der Waals surface area contributed by atoms with Gasteiger partial charge in [-0.3, -0.25) is 4.79 Å². The molecule has 1 aromatic rings. The minimum absolute atomic E-state index is 0.0297. The van der Waals surface area contributed by atoms with Gasteiger partial charge in [0.05, 0.1) is 5.69 Å². The van der Waals surface area contributed by atoms with Crippen LogP contribution < -0.4 is 5.32 Å². The van der Waals surface area contributed by atoms with Crippen LogP contribution in [-0.2, 0) is 9.59 Å². The average Bonchev–Trinajstić information content (AvgIpc) is 2.30. The molecule has 0 aliphatic heterocycles. The zero-order valence-electron chi connectivity index (χ0n) is 9.52. The van der Waals surface area contributed by atoms with Crippen molar-refractivity contribution < 1.29 is 19.8 Å². The number of aliphatic carboxylic acids is 1. The van der Waals surface area contributed by atoms with Gasteiger partial charge in [0.1, 0.15) is 5.75 Å². The highest BCUT2D eigenvalue weighted by atomic mass is 16.4. The van der Waals surface area contributed by atoms with Crippen molar-refractivity contribution in [1.82, 2.24) is 0 Å². The summed E-state index contributed by atoms with van der Waals surface area (Å²) in [5, 5.41) is 20.6. The van der Waals surface area contributed by atoms with Gasteiger partial charge in [0, 0.05) is 11.1 Å². The standard InChI is InChI=1S/C12H13NO4/c1-7(8(2)12(16)17)11(15)13-9-5-3-4-6-10(9)14/h3-6,14H,1-2H3,(H,13,15)(H,16,17)/b8-7-. The number of carbonyl (C=O) groups is 2. The zero-order chi connectivity index (χ0) is 13.0. The summed E-state index contributed by atoms with van der Waals surface area (Å²) in [6.07, 6.45) is 0. The lowest BCUT2D eigenvalue weighted by molar-refractivity contribution is -0.133. The van der Waals surface area contributed by atoms with Crippen molar-refractivity contribution in [1.29, 1.82) is 0 Å². The molecule has 90 valence electrons. The van der Waals surface area contributed by atoms with E-state index in [1.54, 1.807) is 12.1 Å². The molecule has 1 amide bonds. The normalized spacial score (nSPS) is 11.6. The van der Waals surface area contributed by atoms with Gasteiger partial charge in [0.2, 0.25) is 0 Å². The molecule has 0 atom stereocenters. The molecule has 0 aliphatic carbocycles. The molecule has 0 aromatic heterocycles. The fourth-order valence-corrected chi connectivity index (χ4v) is 1.13. The topological polar surface area (TPSA) is 86.6 Å². The predicted molar refractivity (Wildman–Crippen MR) is 62.7 cm³/mol. The molecule has 3 N–H and O–H groups in total. The largest absolute Gasteiger partial charge is 0.506 e. The van der Waals surface area contributed by atoms with E-state index in [1.807, 2.05) is 0 Å². The van der Waals surface area contributed by atoms with Crippen LogP contribution in [0, 0.1) is 0 Å². The SMILES string of the molecule is C/C(C(=O)O)=C(\C)C(=O)Nc1ccccc1O. The van der Waals surface area contributed by atoms with E-state index in [0.29, 0.717) is 0 Å². The zero-order valence-corrected chi connectivity index (χ0v) is 9.52. The Morgan fingerprint density at radius 2 is 1.71 bits per heavy atom. The molecule has 0 bridgehead atoms. The number of carboxylic acid groups (broad SMARTS) is 1. The molecule has 5 nitrogen and oxygen atoms in total. The first-order valence-corrected chi connectivity index (χ1v) is 4.93. The van der Waals surface area contributed by atoms with Crippen LogP contribution >= 0.6 is 0 Å². The Kier molecular flexibility index (Phi) is 3.87. The maximum absolute atomic E-state index is 11.7. The second-order valence-corrected chi connectivity index (χ2v) is 3.53. The van der Waals surface area contributed by atoms with Crippen LogP contribution in [0.4, 0.5) is 5.69 Å². The lowest BCUT2D eigenvalue weighted by Crippen LogP contribution is -2.16.